The van der Waals surface area contributed by atoms with Gasteiger partial charge in [0.05, 0.1) is 10.6 Å². The maximum absolute atomic E-state index is 12.5. The second-order valence-corrected chi connectivity index (χ2v) is 5.21. The van der Waals surface area contributed by atoms with Crippen molar-refractivity contribution in [3.63, 3.8) is 0 Å². The standard InChI is InChI=1S/C14H17ClN2O2/c15-12-7-2-1-6-11(12)14(19)17-8-4-3-5-10(17)9-13(16)18/h1-2,6-7,10H,3-5,8-9H2,(H2,16,18). The Labute approximate surface area is 117 Å². The molecule has 1 atom stereocenters. The number of likely N-dealkylation sites (tertiary alicyclic amines) is 1. The van der Waals surface area contributed by atoms with E-state index in [2.05, 4.69) is 0 Å². The third-order valence-corrected chi connectivity index (χ3v) is 3.76. The summed E-state index contributed by atoms with van der Waals surface area (Å²) in [5, 5.41) is 0.441. The summed E-state index contributed by atoms with van der Waals surface area (Å²) in [7, 11) is 0. The Balaban J connectivity index is 2.20. The summed E-state index contributed by atoms with van der Waals surface area (Å²) < 4.78 is 0. The van der Waals surface area contributed by atoms with Crippen molar-refractivity contribution in [2.24, 2.45) is 5.73 Å². The largest absolute Gasteiger partial charge is 0.370 e. The van der Waals surface area contributed by atoms with E-state index in [0.717, 1.165) is 19.3 Å². The van der Waals surface area contributed by atoms with Crippen molar-refractivity contribution in [3.8, 4) is 0 Å². The molecule has 5 heteroatoms. The monoisotopic (exact) mass is 280 g/mol. The number of hydrogen-bond donors (Lipinski definition) is 1. The highest BCUT2D eigenvalue weighted by molar-refractivity contribution is 6.33. The number of piperidine rings is 1. The first-order valence-electron chi connectivity index (χ1n) is 6.43. The van der Waals surface area contributed by atoms with Crippen LogP contribution in [0.2, 0.25) is 5.02 Å². The molecule has 1 aromatic rings. The van der Waals surface area contributed by atoms with Crippen molar-refractivity contribution in [2.45, 2.75) is 31.7 Å². The minimum Gasteiger partial charge on any atom is -0.370 e. The molecule has 19 heavy (non-hydrogen) atoms. The number of nitrogens with zero attached hydrogens (tertiary/aromatic N) is 1. The van der Waals surface area contributed by atoms with Crippen LogP contribution in [0.3, 0.4) is 0 Å². The van der Waals surface area contributed by atoms with Crippen LogP contribution in [-0.2, 0) is 4.79 Å². The molecular formula is C14H17ClN2O2. The van der Waals surface area contributed by atoms with E-state index in [1.807, 2.05) is 0 Å². The highest BCUT2D eigenvalue weighted by Crippen LogP contribution is 2.24. The minimum atomic E-state index is -0.371. The fourth-order valence-corrected chi connectivity index (χ4v) is 2.72. The van der Waals surface area contributed by atoms with Crippen LogP contribution >= 0.6 is 11.6 Å². The molecule has 2 rings (SSSR count). The Morgan fingerprint density at radius 3 is 2.74 bits per heavy atom. The lowest BCUT2D eigenvalue weighted by atomic mass is 9.98. The molecule has 1 fully saturated rings. The summed E-state index contributed by atoms with van der Waals surface area (Å²) in [5.74, 6) is -0.486. The van der Waals surface area contributed by atoms with Crippen LogP contribution in [0.5, 0.6) is 0 Å². The van der Waals surface area contributed by atoms with E-state index in [9.17, 15) is 9.59 Å². The Kier molecular flexibility index (Phi) is 4.43. The van der Waals surface area contributed by atoms with Crippen molar-refractivity contribution in [2.75, 3.05) is 6.54 Å². The number of halogens is 1. The number of carbonyl (C=O) groups excluding carboxylic acids is 2. The molecule has 1 aromatic carbocycles. The third-order valence-electron chi connectivity index (χ3n) is 3.43. The second-order valence-electron chi connectivity index (χ2n) is 4.80. The number of benzene rings is 1. The summed E-state index contributed by atoms with van der Waals surface area (Å²) in [5.41, 5.74) is 5.74. The van der Waals surface area contributed by atoms with E-state index in [1.165, 1.54) is 0 Å². The molecule has 1 saturated heterocycles. The summed E-state index contributed by atoms with van der Waals surface area (Å²) in [6.45, 7) is 0.655. The van der Waals surface area contributed by atoms with Gasteiger partial charge in [-0.3, -0.25) is 9.59 Å². The first-order valence-corrected chi connectivity index (χ1v) is 6.81. The van der Waals surface area contributed by atoms with Gasteiger partial charge in [-0.15, -0.1) is 0 Å². The normalized spacial score (nSPS) is 19.2. The van der Waals surface area contributed by atoms with Crippen LogP contribution in [0.4, 0.5) is 0 Å². The highest BCUT2D eigenvalue weighted by Gasteiger charge is 2.29. The van der Waals surface area contributed by atoms with Gasteiger partial charge < -0.3 is 10.6 Å². The number of amides is 2. The van der Waals surface area contributed by atoms with Gasteiger partial charge in [-0.1, -0.05) is 23.7 Å². The summed E-state index contributed by atoms with van der Waals surface area (Å²) in [6, 6.07) is 6.88. The van der Waals surface area contributed by atoms with E-state index in [-0.39, 0.29) is 24.3 Å². The van der Waals surface area contributed by atoms with Crippen LogP contribution < -0.4 is 5.73 Å². The molecule has 1 unspecified atom stereocenters. The SMILES string of the molecule is NC(=O)CC1CCCCN1C(=O)c1ccccc1Cl. The Hall–Kier alpha value is -1.55. The molecule has 0 spiro atoms. The molecule has 0 saturated carbocycles. The van der Waals surface area contributed by atoms with Crippen LogP contribution in [-0.4, -0.2) is 29.3 Å². The number of nitrogens with two attached hydrogens (primary N) is 1. The van der Waals surface area contributed by atoms with E-state index < -0.39 is 0 Å². The van der Waals surface area contributed by atoms with Gasteiger partial charge in [-0.2, -0.15) is 0 Å². The molecule has 2 N–H and O–H groups in total. The van der Waals surface area contributed by atoms with Gasteiger partial charge in [0.25, 0.3) is 5.91 Å². The van der Waals surface area contributed by atoms with Gasteiger partial charge in [0, 0.05) is 19.0 Å². The predicted molar refractivity (Wildman–Crippen MR) is 73.9 cm³/mol. The zero-order chi connectivity index (χ0) is 13.8. The first kappa shape index (κ1) is 13.9. The molecule has 1 heterocycles. The summed E-state index contributed by atoms with van der Waals surface area (Å²) >= 11 is 6.05. The van der Waals surface area contributed by atoms with E-state index in [1.54, 1.807) is 29.2 Å². The van der Waals surface area contributed by atoms with Gasteiger partial charge >= 0.3 is 0 Å². The van der Waals surface area contributed by atoms with E-state index in [4.69, 9.17) is 17.3 Å². The van der Waals surface area contributed by atoms with Crippen molar-refractivity contribution in [3.05, 3.63) is 34.9 Å². The molecule has 1 aliphatic heterocycles. The van der Waals surface area contributed by atoms with Crippen molar-refractivity contribution < 1.29 is 9.59 Å². The fraction of sp³-hybridized carbons (Fsp3) is 0.429. The van der Waals surface area contributed by atoms with Crippen molar-refractivity contribution in [1.29, 1.82) is 0 Å². The highest BCUT2D eigenvalue weighted by atomic mass is 35.5. The van der Waals surface area contributed by atoms with Gasteiger partial charge in [0.2, 0.25) is 5.91 Å². The number of hydrogen-bond acceptors (Lipinski definition) is 2. The third kappa shape index (κ3) is 3.26. The molecule has 0 aromatic heterocycles. The Morgan fingerprint density at radius 1 is 1.32 bits per heavy atom. The Morgan fingerprint density at radius 2 is 2.05 bits per heavy atom. The number of rotatable bonds is 3. The molecule has 0 bridgehead atoms. The molecule has 102 valence electrons. The zero-order valence-corrected chi connectivity index (χ0v) is 11.4. The lowest BCUT2D eigenvalue weighted by molar-refractivity contribution is -0.119. The maximum atomic E-state index is 12.5. The molecule has 4 nitrogen and oxygen atoms in total. The quantitative estimate of drug-likeness (QED) is 0.923. The van der Waals surface area contributed by atoms with E-state index >= 15 is 0 Å². The van der Waals surface area contributed by atoms with Gasteiger partial charge in [-0.05, 0) is 31.4 Å². The lowest BCUT2D eigenvalue weighted by Crippen LogP contribution is -2.45. The molecule has 1 aliphatic rings. The van der Waals surface area contributed by atoms with Crippen molar-refractivity contribution >= 4 is 23.4 Å². The van der Waals surface area contributed by atoms with Crippen LogP contribution in [0.15, 0.2) is 24.3 Å². The summed E-state index contributed by atoms with van der Waals surface area (Å²) in [6.07, 6.45) is 3.00. The lowest BCUT2D eigenvalue weighted by Gasteiger charge is -2.35. The summed E-state index contributed by atoms with van der Waals surface area (Å²) in [4.78, 5) is 25.3. The first-order chi connectivity index (χ1) is 9.09. The van der Waals surface area contributed by atoms with Gasteiger partial charge in [0.15, 0.2) is 0 Å². The number of carbonyl (C=O) groups is 2. The van der Waals surface area contributed by atoms with Crippen LogP contribution in [0, 0.1) is 0 Å². The average Bonchev–Trinajstić information content (AvgIpc) is 2.38. The molecule has 0 aliphatic carbocycles. The van der Waals surface area contributed by atoms with Crippen LogP contribution in [0.1, 0.15) is 36.0 Å². The van der Waals surface area contributed by atoms with Crippen molar-refractivity contribution in [1.82, 2.24) is 4.90 Å². The van der Waals surface area contributed by atoms with Crippen LogP contribution in [0.25, 0.3) is 0 Å². The second kappa shape index (κ2) is 6.06. The minimum absolute atomic E-state index is 0.102. The number of primary amides is 1. The average molecular weight is 281 g/mol. The molecule has 2 amide bonds. The zero-order valence-electron chi connectivity index (χ0n) is 10.6. The van der Waals surface area contributed by atoms with E-state index in [0.29, 0.717) is 17.1 Å². The topological polar surface area (TPSA) is 63.4 Å². The smallest absolute Gasteiger partial charge is 0.255 e. The molecule has 0 radical (unpaired) electrons. The van der Waals surface area contributed by atoms with Gasteiger partial charge in [-0.25, -0.2) is 0 Å². The molecular weight excluding hydrogens is 264 g/mol. The fourth-order valence-electron chi connectivity index (χ4n) is 2.50. The maximum Gasteiger partial charge on any atom is 0.255 e. The Bertz CT molecular complexity index is 490. The predicted octanol–water partition coefficient (Wildman–Crippen LogP) is 2.21. The van der Waals surface area contributed by atoms with Gasteiger partial charge in [0.1, 0.15) is 0 Å².